The molecule has 2 heteroatoms. The Morgan fingerprint density at radius 1 is 1.00 bits per heavy atom. The van der Waals surface area contributed by atoms with Crippen molar-refractivity contribution < 1.29 is 9.18 Å². The van der Waals surface area contributed by atoms with Gasteiger partial charge in [-0.25, -0.2) is 4.39 Å². The van der Waals surface area contributed by atoms with Crippen LogP contribution in [0.4, 0.5) is 4.39 Å². The maximum absolute atomic E-state index is 14.0. The number of benzene rings is 2. The van der Waals surface area contributed by atoms with E-state index in [2.05, 4.69) is 0 Å². The lowest BCUT2D eigenvalue weighted by Gasteiger charge is -2.10. The van der Waals surface area contributed by atoms with E-state index in [-0.39, 0.29) is 11.3 Å². The topological polar surface area (TPSA) is 17.1 Å². The highest BCUT2D eigenvalue weighted by atomic mass is 19.1. The number of carbonyl (C=O) groups excluding carboxylic acids is 1. The fourth-order valence-corrected chi connectivity index (χ4v) is 2.31. The molecule has 0 bridgehead atoms. The predicted molar refractivity (Wildman–Crippen MR) is 79.8 cm³/mol. The molecule has 20 heavy (non-hydrogen) atoms. The minimum absolute atomic E-state index is 0.151. The van der Waals surface area contributed by atoms with Gasteiger partial charge in [0.15, 0.2) is 5.78 Å². The molecule has 0 aromatic heterocycles. The standard InChI is InChI=1S/C18H19FO/c1-4-13-7-8-14(5-2)16(11-13)18(20)15-9-6-12(3)10-17(15)19/h6-11H,4-5H2,1-3H3. The third kappa shape index (κ3) is 2.79. The second-order valence-corrected chi connectivity index (χ2v) is 5.01. The molecule has 0 aliphatic heterocycles. The monoisotopic (exact) mass is 270 g/mol. The third-order valence-corrected chi connectivity index (χ3v) is 3.58. The molecule has 0 atom stereocenters. The van der Waals surface area contributed by atoms with Gasteiger partial charge < -0.3 is 0 Å². The highest BCUT2D eigenvalue weighted by molar-refractivity contribution is 6.10. The summed E-state index contributed by atoms with van der Waals surface area (Å²) in [5.74, 6) is -0.673. The zero-order chi connectivity index (χ0) is 14.7. The summed E-state index contributed by atoms with van der Waals surface area (Å²) in [5.41, 5.74) is 3.65. The van der Waals surface area contributed by atoms with Gasteiger partial charge in [0.2, 0.25) is 0 Å². The summed E-state index contributed by atoms with van der Waals surface area (Å²) in [6.45, 7) is 5.86. The van der Waals surface area contributed by atoms with E-state index in [0.29, 0.717) is 5.56 Å². The maximum Gasteiger partial charge on any atom is 0.196 e. The highest BCUT2D eigenvalue weighted by Gasteiger charge is 2.17. The van der Waals surface area contributed by atoms with Crippen LogP contribution >= 0.6 is 0 Å². The van der Waals surface area contributed by atoms with E-state index >= 15 is 0 Å². The Balaban J connectivity index is 2.51. The summed E-state index contributed by atoms with van der Waals surface area (Å²) in [7, 11) is 0. The van der Waals surface area contributed by atoms with Crippen LogP contribution in [0.25, 0.3) is 0 Å². The Hall–Kier alpha value is -1.96. The van der Waals surface area contributed by atoms with E-state index in [1.54, 1.807) is 12.1 Å². The fraction of sp³-hybridized carbons (Fsp3) is 0.278. The van der Waals surface area contributed by atoms with Crippen molar-refractivity contribution in [3.8, 4) is 0 Å². The minimum Gasteiger partial charge on any atom is -0.288 e. The molecular weight excluding hydrogens is 251 g/mol. The molecule has 0 saturated carbocycles. The van der Waals surface area contributed by atoms with Crippen molar-refractivity contribution in [2.45, 2.75) is 33.6 Å². The van der Waals surface area contributed by atoms with Crippen molar-refractivity contribution in [1.29, 1.82) is 0 Å². The number of halogens is 1. The number of hydrogen-bond acceptors (Lipinski definition) is 1. The molecule has 0 N–H and O–H groups in total. The quantitative estimate of drug-likeness (QED) is 0.748. The molecule has 0 amide bonds. The van der Waals surface area contributed by atoms with E-state index in [9.17, 15) is 9.18 Å². The summed E-state index contributed by atoms with van der Waals surface area (Å²) in [4.78, 5) is 12.6. The summed E-state index contributed by atoms with van der Waals surface area (Å²) in [6.07, 6.45) is 1.62. The Morgan fingerprint density at radius 2 is 1.75 bits per heavy atom. The summed E-state index contributed by atoms with van der Waals surface area (Å²) in [6, 6.07) is 10.6. The van der Waals surface area contributed by atoms with Gasteiger partial charge in [-0.1, -0.05) is 32.0 Å². The molecule has 2 aromatic rings. The molecule has 0 unspecified atom stereocenters. The molecule has 0 aliphatic rings. The Kier molecular flexibility index (Phi) is 4.33. The first-order valence-corrected chi connectivity index (χ1v) is 6.99. The van der Waals surface area contributed by atoms with Crippen molar-refractivity contribution in [2.75, 3.05) is 0 Å². The predicted octanol–water partition coefficient (Wildman–Crippen LogP) is 4.49. The molecule has 0 aliphatic carbocycles. The van der Waals surface area contributed by atoms with Gasteiger partial charge in [0.05, 0.1) is 5.56 Å². The Morgan fingerprint density at radius 3 is 2.35 bits per heavy atom. The molecule has 0 fully saturated rings. The number of aryl methyl sites for hydroxylation is 3. The molecule has 0 spiro atoms. The van der Waals surface area contributed by atoms with Crippen molar-refractivity contribution in [3.05, 3.63) is 70.0 Å². The molecule has 2 rings (SSSR count). The van der Waals surface area contributed by atoms with Crippen LogP contribution in [0.2, 0.25) is 0 Å². The molecule has 2 aromatic carbocycles. The van der Waals surface area contributed by atoms with Crippen LogP contribution in [0.15, 0.2) is 36.4 Å². The lowest BCUT2D eigenvalue weighted by atomic mass is 9.94. The van der Waals surface area contributed by atoms with Gasteiger partial charge >= 0.3 is 0 Å². The van der Waals surface area contributed by atoms with Crippen molar-refractivity contribution in [3.63, 3.8) is 0 Å². The summed E-state index contributed by atoms with van der Waals surface area (Å²) >= 11 is 0. The van der Waals surface area contributed by atoms with E-state index in [1.807, 2.05) is 39.0 Å². The van der Waals surface area contributed by atoms with Crippen molar-refractivity contribution >= 4 is 5.78 Å². The van der Waals surface area contributed by atoms with Crippen LogP contribution in [0.5, 0.6) is 0 Å². The van der Waals surface area contributed by atoms with Gasteiger partial charge in [0, 0.05) is 5.56 Å². The smallest absolute Gasteiger partial charge is 0.196 e. The van der Waals surface area contributed by atoms with Crippen LogP contribution in [0.1, 0.15) is 46.5 Å². The molecule has 0 heterocycles. The van der Waals surface area contributed by atoms with Crippen LogP contribution < -0.4 is 0 Å². The van der Waals surface area contributed by atoms with Crippen molar-refractivity contribution in [1.82, 2.24) is 0 Å². The first kappa shape index (κ1) is 14.4. The van der Waals surface area contributed by atoms with Crippen molar-refractivity contribution in [2.24, 2.45) is 0 Å². The van der Waals surface area contributed by atoms with Crippen LogP contribution in [0.3, 0.4) is 0 Å². The van der Waals surface area contributed by atoms with Gasteiger partial charge in [-0.2, -0.15) is 0 Å². The largest absolute Gasteiger partial charge is 0.288 e. The summed E-state index contributed by atoms with van der Waals surface area (Å²) in [5, 5.41) is 0. The second kappa shape index (κ2) is 6.00. The van der Waals surface area contributed by atoms with Gasteiger partial charge in [0.25, 0.3) is 0 Å². The van der Waals surface area contributed by atoms with Crippen LogP contribution in [-0.4, -0.2) is 5.78 Å². The number of rotatable bonds is 4. The van der Waals surface area contributed by atoms with Gasteiger partial charge in [-0.05, 0) is 54.7 Å². The SMILES string of the molecule is CCc1ccc(CC)c(C(=O)c2ccc(C)cc2F)c1. The number of ketones is 1. The van der Waals surface area contributed by atoms with Gasteiger partial charge in [0.1, 0.15) is 5.82 Å². The first-order chi connectivity index (χ1) is 9.56. The van der Waals surface area contributed by atoms with Gasteiger partial charge in [-0.3, -0.25) is 4.79 Å². The molecular formula is C18H19FO. The third-order valence-electron chi connectivity index (χ3n) is 3.58. The fourth-order valence-electron chi connectivity index (χ4n) is 2.31. The average Bonchev–Trinajstić information content (AvgIpc) is 2.46. The zero-order valence-electron chi connectivity index (χ0n) is 12.2. The maximum atomic E-state index is 14.0. The van der Waals surface area contributed by atoms with E-state index in [1.165, 1.54) is 6.07 Å². The Bertz CT molecular complexity index is 644. The highest BCUT2D eigenvalue weighted by Crippen LogP contribution is 2.20. The normalized spacial score (nSPS) is 10.6. The lowest BCUT2D eigenvalue weighted by Crippen LogP contribution is -2.08. The van der Waals surface area contributed by atoms with Crippen LogP contribution in [0, 0.1) is 12.7 Å². The second-order valence-electron chi connectivity index (χ2n) is 5.01. The number of carbonyl (C=O) groups is 1. The molecule has 104 valence electrons. The zero-order valence-corrected chi connectivity index (χ0v) is 12.2. The van der Waals surface area contributed by atoms with E-state index < -0.39 is 5.82 Å². The molecule has 1 nitrogen and oxygen atoms in total. The van der Waals surface area contributed by atoms with Crippen LogP contribution in [-0.2, 0) is 12.8 Å². The minimum atomic E-state index is -0.445. The van der Waals surface area contributed by atoms with E-state index in [4.69, 9.17) is 0 Å². The lowest BCUT2D eigenvalue weighted by molar-refractivity contribution is 0.103. The molecule has 0 saturated heterocycles. The first-order valence-electron chi connectivity index (χ1n) is 6.99. The number of hydrogen-bond donors (Lipinski definition) is 0. The van der Waals surface area contributed by atoms with Gasteiger partial charge in [-0.15, -0.1) is 0 Å². The Labute approximate surface area is 119 Å². The molecule has 0 radical (unpaired) electrons. The summed E-state index contributed by atoms with van der Waals surface area (Å²) < 4.78 is 14.0. The average molecular weight is 270 g/mol. The van der Waals surface area contributed by atoms with E-state index in [0.717, 1.165) is 29.5 Å².